The molecule has 2 N–H and O–H groups in total. The Bertz CT molecular complexity index is 734. The molecule has 0 radical (unpaired) electrons. The lowest BCUT2D eigenvalue weighted by Gasteiger charge is -2.19. The second kappa shape index (κ2) is 4.43. The monoisotopic (exact) mass is 282 g/mol. The first-order valence-electron chi connectivity index (χ1n) is 7.33. The topological polar surface area (TPSA) is 64.2 Å². The van der Waals surface area contributed by atoms with Crippen LogP contribution in [0.5, 0.6) is 0 Å². The zero-order chi connectivity index (χ0) is 14.6. The van der Waals surface area contributed by atoms with Crippen molar-refractivity contribution in [3.05, 3.63) is 35.8 Å². The first-order valence-corrected chi connectivity index (χ1v) is 7.33. The molecule has 4 rings (SSSR count). The van der Waals surface area contributed by atoms with Gasteiger partial charge < -0.3 is 15.2 Å². The number of hydrogen-bond donors (Lipinski definition) is 1. The van der Waals surface area contributed by atoms with Gasteiger partial charge in [-0.05, 0) is 24.1 Å². The summed E-state index contributed by atoms with van der Waals surface area (Å²) < 4.78 is 2.16. The zero-order valence-corrected chi connectivity index (χ0v) is 12.0. The summed E-state index contributed by atoms with van der Waals surface area (Å²) in [6.07, 6.45) is 4.50. The molecule has 21 heavy (non-hydrogen) atoms. The van der Waals surface area contributed by atoms with E-state index in [0.29, 0.717) is 6.42 Å². The molecule has 0 fully saturated rings. The van der Waals surface area contributed by atoms with Crippen LogP contribution in [-0.2, 0) is 24.2 Å². The molecule has 0 saturated carbocycles. The first kappa shape index (κ1) is 12.6. The molecular weight excluding hydrogens is 264 g/mol. The van der Waals surface area contributed by atoms with Gasteiger partial charge in [-0.2, -0.15) is 0 Å². The number of rotatable bonds is 1. The smallest absolute Gasteiger partial charge is 0.231 e. The van der Waals surface area contributed by atoms with Crippen LogP contribution >= 0.6 is 0 Å². The maximum absolute atomic E-state index is 11.8. The molecule has 5 heteroatoms. The summed E-state index contributed by atoms with van der Waals surface area (Å²) in [4.78, 5) is 18.2. The number of fused-ring (bicyclic) bond motifs is 2. The highest BCUT2D eigenvalue weighted by molar-refractivity contribution is 6.01. The van der Waals surface area contributed by atoms with E-state index in [0.717, 1.165) is 47.7 Å². The SMILES string of the molecule is CN1C(=O)Cc2cc(-c3cn4c(n3)CCC(N)C4)ccc21. The summed E-state index contributed by atoms with van der Waals surface area (Å²) in [6, 6.07) is 6.37. The van der Waals surface area contributed by atoms with Crippen LogP contribution in [0.1, 0.15) is 17.8 Å². The number of likely N-dealkylation sites (N-methyl/N-ethyl adjacent to an activating group) is 1. The Morgan fingerprint density at radius 1 is 1.38 bits per heavy atom. The maximum atomic E-state index is 11.8. The molecule has 1 aromatic heterocycles. The van der Waals surface area contributed by atoms with Gasteiger partial charge in [-0.3, -0.25) is 4.79 Å². The van der Waals surface area contributed by atoms with E-state index in [4.69, 9.17) is 10.7 Å². The van der Waals surface area contributed by atoms with Gasteiger partial charge in [-0.25, -0.2) is 4.98 Å². The van der Waals surface area contributed by atoms with Crippen molar-refractivity contribution in [1.82, 2.24) is 9.55 Å². The van der Waals surface area contributed by atoms with Crippen molar-refractivity contribution >= 4 is 11.6 Å². The molecule has 108 valence electrons. The normalized spacial score (nSPS) is 20.6. The van der Waals surface area contributed by atoms with Gasteiger partial charge in [0.25, 0.3) is 0 Å². The molecule has 0 aliphatic carbocycles. The fraction of sp³-hybridized carbons (Fsp3) is 0.375. The second-order valence-corrected chi connectivity index (χ2v) is 5.97. The third-order valence-corrected chi connectivity index (χ3v) is 4.48. The summed E-state index contributed by atoms with van der Waals surface area (Å²) in [5.74, 6) is 1.26. The number of benzene rings is 1. The van der Waals surface area contributed by atoms with Crippen LogP contribution in [0.3, 0.4) is 0 Å². The predicted molar refractivity (Wildman–Crippen MR) is 81.1 cm³/mol. The van der Waals surface area contributed by atoms with E-state index in [9.17, 15) is 4.79 Å². The van der Waals surface area contributed by atoms with Gasteiger partial charge in [0.1, 0.15) is 5.82 Å². The third-order valence-electron chi connectivity index (χ3n) is 4.48. The largest absolute Gasteiger partial charge is 0.333 e. The average Bonchev–Trinajstić information content (AvgIpc) is 3.00. The highest BCUT2D eigenvalue weighted by Gasteiger charge is 2.25. The average molecular weight is 282 g/mol. The Balaban J connectivity index is 1.72. The lowest BCUT2D eigenvalue weighted by Crippen LogP contribution is -2.31. The standard InChI is InChI=1S/C16H18N4O/c1-19-14-4-2-10(6-11(14)7-16(19)21)13-9-20-8-12(17)3-5-15(20)18-13/h2,4,6,9,12H,3,5,7-8,17H2,1H3. The fourth-order valence-electron chi connectivity index (χ4n) is 3.24. The molecule has 2 aliphatic rings. The number of hydrogen-bond acceptors (Lipinski definition) is 3. The van der Waals surface area contributed by atoms with E-state index in [1.54, 1.807) is 4.90 Å². The minimum absolute atomic E-state index is 0.150. The molecule has 2 aliphatic heterocycles. The van der Waals surface area contributed by atoms with Crippen LogP contribution in [0.2, 0.25) is 0 Å². The van der Waals surface area contributed by atoms with Crippen molar-refractivity contribution in [2.45, 2.75) is 31.8 Å². The number of carbonyl (C=O) groups excluding carboxylic acids is 1. The number of carbonyl (C=O) groups is 1. The molecule has 1 amide bonds. The van der Waals surface area contributed by atoms with Crippen LogP contribution in [0, 0.1) is 0 Å². The molecule has 0 bridgehead atoms. The fourth-order valence-corrected chi connectivity index (χ4v) is 3.24. The van der Waals surface area contributed by atoms with Gasteiger partial charge in [-0.1, -0.05) is 6.07 Å². The Hall–Kier alpha value is -2.14. The van der Waals surface area contributed by atoms with Gasteiger partial charge in [0.2, 0.25) is 5.91 Å². The van der Waals surface area contributed by atoms with Gasteiger partial charge in [0, 0.05) is 43.5 Å². The summed E-state index contributed by atoms with van der Waals surface area (Å²) in [5, 5.41) is 0. The van der Waals surface area contributed by atoms with E-state index in [2.05, 4.69) is 16.8 Å². The Labute approximate surface area is 123 Å². The van der Waals surface area contributed by atoms with E-state index < -0.39 is 0 Å². The number of amides is 1. The summed E-state index contributed by atoms with van der Waals surface area (Å²) in [7, 11) is 1.82. The molecule has 1 unspecified atom stereocenters. The van der Waals surface area contributed by atoms with Crippen molar-refractivity contribution in [2.24, 2.45) is 5.73 Å². The van der Waals surface area contributed by atoms with Gasteiger partial charge in [0.15, 0.2) is 0 Å². The Morgan fingerprint density at radius 2 is 2.24 bits per heavy atom. The molecule has 0 saturated heterocycles. The Morgan fingerprint density at radius 3 is 3.10 bits per heavy atom. The molecule has 3 heterocycles. The number of imidazole rings is 1. The lowest BCUT2D eigenvalue weighted by molar-refractivity contribution is -0.117. The summed E-state index contributed by atoms with van der Waals surface area (Å²) in [6.45, 7) is 0.842. The van der Waals surface area contributed by atoms with Crippen LogP contribution in [0.15, 0.2) is 24.4 Å². The quantitative estimate of drug-likeness (QED) is 0.858. The second-order valence-electron chi connectivity index (χ2n) is 5.97. The summed E-state index contributed by atoms with van der Waals surface area (Å²) >= 11 is 0. The number of anilines is 1. The molecule has 1 atom stereocenters. The minimum Gasteiger partial charge on any atom is -0.333 e. The molecule has 5 nitrogen and oxygen atoms in total. The highest BCUT2D eigenvalue weighted by Crippen LogP contribution is 2.32. The first-order chi connectivity index (χ1) is 10.1. The van der Waals surface area contributed by atoms with Gasteiger partial charge >= 0.3 is 0 Å². The van der Waals surface area contributed by atoms with Crippen LogP contribution < -0.4 is 10.6 Å². The van der Waals surface area contributed by atoms with Crippen molar-refractivity contribution in [1.29, 1.82) is 0 Å². The molecule has 1 aromatic carbocycles. The van der Waals surface area contributed by atoms with Crippen LogP contribution in [0.25, 0.3) is 11.3 Å². The Kier molecular flexibility index (Phi) is 2.65. The van der Waals surface area contributed by atoms with E-state index in [-0.39, 0.29) is 11.9 Å². The molecule has 2 aromatic rings. The van der Waals surface area contributed by atoms with Crippen molar-refractivity contribution in [3.8, 4) is 11.3 Å². The number of aryl methyl sites for hydroxylation is 1. The predicted octanol–water partition coefficient (Wildman–Crippen LogP) is 1.34. The molecular formula is C16H18N4O. The zero-order valence-electron chi connectivity index (χ0n) is 12.0. The van der Waals surface area contributed by atoms with E-state index >= 15 is 0 Å². The van der Waals surface area contributed by atoms with Gasteiger partial charge in [-0.15, -0.1) is 0 Å². The van der Waals surface area contributed by atoms with Gasteiger partial charge in [0.05, 0.1) is 12.1 Å². The maximum Gasteiger partial charge on any atom is 0.231 e. The summed E-state index contributed by atoms with van der Waals surface area (Å²) in [5.41, 5.74) is 10.2. The van der Waals surface area contributed by atoms with Crippen molar-refractivity contribution in [3.63, 3.8) is 0 Å². The number of nitrogens with zero attached hydrogens (tertiary/aromatic N) is 3. The van der Waals surface area contributed by atoms with Crippen LogP contribution in [-0.4, -0.2) is 28.5 Å². The molecule has 0 spiro atoms. The van der Waals surface area contributed by atoms with Crippen molar-refractivity contribution in [2.75, 3.05) is 11.9 Å². The minimum atomic E-state index is 0.150. The van der Waals surface area contributed by atoms with E-state index in [1.807, 2.05) is 19.2 Å². The lowest BCUT2D eigenvalue weighted by atomic mass is 10.1. The van der Waals surface area contributed by atoms with Crippen molar-refractivity contribution < 1.29 is 4.79 Å². The third kappa shape index (κ3) is 1.96. The van der Waals surface area contributed by atoms with E-state index in [1.165, 1.54) is 0 Å². The highest BCUT2D eigenvalue weighted by atomic mass is 16.2. The number of aromatic nitrogens is 2. The number of nitrogens with two attached hydrogens (primary N) is 1. The van der Waals surface area contributed by atoms with Crippen LogP contribution in [0.4, 0.5) is 5.69 Å².